The summed E-state index contributed by atoms with van der Waals surface area (Å²) in [5.41, 5.74) is 3.51. The molecule has 0 amide bonds. The van der Waals surface area contributed by atoms with Crippen LogP contribution in [0.2, 0.25) is 0 Å². The van der Waals surface area contributed by atoms with Crippen molar-refractivity contribution in [2.24, 2.45) is 5.92 Å². The highest BCUT2D eigenvalue weighted by Crippen LogP contribution is 2.30. The summed E-state index contributed by atoms with van der Waals surface area (Å²) in [6.45, 7) is 8.07. The lowest BCUT2D eigenvalue weighted by atomic mass is 10.1. The first-order chi connectivity index (χ1) is 11.0. The van der Waals surface area contributed by atoms with E-state index in [1.807, 2.05) is 24.7 Å². The Labute approximate surface area is 139 Å². The van der Waals surface area contributed by atoms with Gasteiger partial charge in [0.25, 0.3) is 0 Å². The van der Waals surface area contributed by atoms with Gasteiger partial charge in [0.15, 0.2) is 0 Å². The van der Waals surface area contributed by atoms with Gasteiger partial charge in [-0.15, -0.1) is 0 Å². The fourth-order valence-corrected chi connectivity index (χ4v) is 2.57. The van der Waals surface area contributed by atoms with Gasteiger partial charge in [-0.1, -0.05) is 26.0 Å². The van der Waals surface area contributed by atoms with E-state index in [0.29, 0.717) is 12.5 Å². The molecular weight excluding hydrogens is 286 g/mol. The Morgan fingerprint density at radius 3 is 2.61 bits per heavy atom. The summed E-state index contributed by atoms with van der Waals surface area (Å²) in [6.07, 6.45) is 5.63. The highest BCUT2D eigenvalue weighted by molar-refractivity contribution is 5.73. The number of benzene rings is 1. The van der Waals surface area contributed by atoms with Gasteiger partial charge in [-0.3, -0.25) is 0 Å². The molecule has 2 aromatic rings. The summed E-state index contributed by atoms with van der Waals surface area (Å²) in [5.74, 6) is 1.41. The van der Waals surface area contributed by atoms with Gasteiger partial charge in [0.05, 0.1) is 18.6 Å². The number of aromatic nitrogens is 2. The minimum Gasteiger partial charge on any atom is -0.493 e. The maximum absolute atomic E-state index is 6.05. The normalized spacial score (nSPS) is 12.7. The molecule has 23 heavy (non-hydrogen) atoms. The van der Waals surface area contributed by atoms with E-state index >= 15 is 0 Å². The Balaban J connectivity index is 2.48. The first-order valence-electron chi connectivity index (χ1n) is 8.04. The third-order valence-electron chi connectivity index (χ3n) is 3.43. The molecule has 0 fully saturated rings. The van der Waals surface area contributed by atoms with Crippen LogP contribution in [0, 0.1) is 5.92 Å². The van der Waals surface area contributed by atoms with Crippen molar-refractivity contribution in [2.45, 2.75) is 20.8 Å². The first-order valence-corrected chi connectivity index (χ1v) is 8.04. The lowest BCUT2D eigenvalue weighted by Gasteiger charge is -2.20. The minimum atomic E-state index is 0.492. The zero-order valence-electron chi connectivity index (χ0n) is 14.8. The average Bonchev–Trinajstić information content (AvgIpc) is 2.99. The van der Waals surface area contributed by atoms with Crippen LogP contribution in [0.1, 0.15) is 26.3 Å². The third kappa shape index (κ3) is 4.70. The van der Waals surface area contributed by atoms with Crippen LogP contribution in [0.15, 0.2) is 48.6 Å². The Hall–Kier alpha value is -2.07. The van der Waals surface area contributed by atoms with E-state index in [1.165, 1.54) is 5.57 Å². The summed E-state index contributed by atoms with van der Waals surface area (Å²) >= 11 is 0. The van der Waals surface area contributed by atoms with Crippen LogP contribution in [0.3, 0.4) is 0 Å². The smallest absolute Gasteiger partial charge is 0.128 e. The summed E-state index contributed by atoms with van der Waals surface area (Å²) in [5, 5.41) is 0. The molecule has 0 saturated heterocycles. The first kappa shape index (κ1) is 17.3. The number of imidazole rings is 1. The van der Waals surface area contributed by atoms with Crippen LogP contribution >= 0.6 is 0 Å². The fourth-order valence-electron chi connectivity index (χ4n) is 2.57. The molecule has 4 nitrogen and oxygen atoms in total. The van der Waals surface area contributed by atoms with Gasteiger partial charge in [-0.2, -0.15) is 0 Å². The number of rotatable bonds is 7. The lowest BCUT2D eigenvalue weighted by molar-refractivity contribution is 0.270. The SMILES string of the molecule is C/C(CN(C)C)=C(\c1ccccc1OCC(C)C)n1ccnc1. The summed E-state index contributed by atoms with van der Waals surface area (Å²) in [4.78, 5) is 6.38. The molecule has 0 unspecified atom stereocenters. The summed E-state index contributed by atoms with van der Waals surface area (Å²) < 4.78 is 8.12. The molecule has 124 valence electrons. The van der Waals surface area contributed by atoms with Gasteiger partial charge in [-0.25, -0.2) is 4.98 Å². The third-order valence-corrected chi connectivity index (χ3v) is 3.43. The molecule has 0 aliphatic heterocycles. The Bertz CT molecular complexity index is 642. The quantitative estimate of drug-likeness (QED) is 0.779. The number of hydrogen-bond acceptors (Lipinski definition) is 3. The highest BCUT2D eigenvalue weighted by atomic mass is 16.5. The van der Waals surface area contributed by atoms with E-state index in [9.17, 15) is 0 Å². The van der Waals surface area contributed by atoms with Crippen molar-refractivity contribution < 1.29 is 4.74 Å². The average molecular weight is 313 g/mol. The van der Waals surface area contributed by atoms with Crippen molar-refractivity contribution in [3.8, 4) is 5.75 Å². The largest absolute Gasteiger partial charge is 0.493 e. The topological polar surface area (TPSA) is 30.3 Å². The van der Waals surface area contributed by atoms with E-state index in [1.54, 1.807) is 6.20 Å². The van der Waals surface area contributed by atoms with E-state index in [4.69, 9.17) is 4.74 Å². The molecule has 0 radical (unpaired) electrons. The second-order valence-electron chi connectivity index (χ2n) is 6.54. The Morgan fingerprint density at radius 1 is 1.26 bits per heavy atom. The van der Waals surface area contributed by atoms with Crippen molar-refractivity contribution in [3.63, 3.8) is 0 Å². The molecule has 0 aliphatic carbocycles. The molecule has 2 rings (SSSR count). The maximum Gasteiger partial charge on any atom is 0.128 e. The maximum atomic E-state index is 6.05. The molecule has 1 aromatic carbocycles. The zero-order valence-corrected chi connectivity index (χ0v) is 14.8. The predicted molar refractivity (Wildman–Crippen MR) is 95.5 cm³/mol. The van der Waals surface area contributed by atoms with E-state index in [2.05, 4.69) is 61.5 Å². The lowest BCUT2D eigenvalue weighted by Crippen LogP contribution is -2.16. The molecule has 0 N–H and O–H groups in total. The van der Waals surface area contributed by atoms with Gasteiger partial charge in [0, 0.05) is 24.5 Å². The van der Waals surface area contributed by atoms with E-state index in [0.717, 1.165) is 23.6 Å². The standard InChI is InChI=1S/C19H27N3O/c1-15(2)13-23-18-9-7-6-8-17(18)19(16(3)12-21(4)5)22-11-10-20-14-22/h6-11,14-15H,12-13H2,1-5H3/b19-16-. The number of nitrogens with zero attached hydrogens (tertiary/aromatic N) is 3. The zero-order chi connectivity index (χ0) is 16.8. The number of hydrogen-bond donors (Lipinski definition) is 0. The second-order valence-corrected chi connectivity index (χ2v) is 6.54. The van der Waals surface area contributed by atoms with Crippen LogP contribution in [0.5, 0.6) is 5.75 Å². The molecule has 1 heterocycles. The Morgan fingerprint density at radius 2 is 2.00 bits per heavy atom. The molecule has 0 saturated carbocycles. The molecule has 0 spiro atoms. The van der Waals surface area contributed by atoms with Gasteiger partial charge in [-0.05, 0) is 44.6 Å². The van der Waals surface area contributed by atoms with Crippen molar-refractivity contribution in [3.05, 3.63) is 54.1 Å². The van der Waals surface area contributed by atoms with Crippen LogP contribution in [-0.2, 0) is 0 Å². The highest BCUT2D eigenvalue weighted by Gasteiger charge is 2.14. The monoisotopic (exact) mass is 313 g/mol. The van der Waals surface area contributed by atoms with Crippen LogP contribution in [-0.4, -0.2) is 41.7 Å². The van der Waals surface area contributed by atoms with Crippen molar-refractivity contribution in [1.29, 1.82) is 0 Å². The molecule has 0 atom stereocenters. The summed E-state index contributed by atoms with van der Waals surface area (Å²) in [7, 11) is 4.16. The van der Waals surface area contributed by atoms with Crippen molar-refractivity contribution >= 4 is 5.70 Å². The summed E-state index contributed by atoms with van der Waals surface area (Å²) in [6, 6.07) is 8.23. The Kier molecular flexibility index (Phi) is 5.99. The van der Waals surface area contributed by atoms with Gasteiger partial charge in [0.2, 0.25) is 0 Å². The molecule has 1 aromatic heterocycles. The van der Waals surface area contributed by atoms with Crippen LogP contribution in [0.25, 0.3) is 5.70 Å². The van der Waals surface area contributed by atoms with Gasteiger partial charge < -0.3 is 14.2 Å². The molecule has 0 aliphatic rings. The van der Waals surface area contributed by atoms with Gasteiger partial charge in [0.1, 0.15) is 5.75 Å². The van der Waals surface area contributed by atoms with E-state index < -0.39 is 0 Å². The van der Waals surface area contributed by atoms with Crippen LogP contribution in [0.4, 0.5) is 0 Å². The number of para-hydroxylation sites is 1. The minimum absolute atomic E-state index is 0.492. The number of likely N-dealkylation sites (N-methyl/N-ethyl adjacent to an activating group) is 1. The fraction of sp³-hybridized carbons (Fsp3) is 0.421. The molecule has 4 heteroatoms. The second kappa shape index (κ2) is 7.97. The van der Waals surface area contributed by atoms with Crippen molar-refractivity contribution in [2.75, 3.05) is 27.2 Å². The molecule has 0 bridgehead atoms. The van der Waals surface area contributed by atoms with Crippen LogP contribution < -0.4 is 4.74 Å². The predicted octanol–water partition coefficient (Wildman–Crippen LogP) is 3.76. The number of ether oxygens (including phenoxy) is 1. The van der Waals surface area contributed by atoms with Gasteiger partial charge >= 0.3 is 0 Å². The van der Waals surface area contributed by atoms with E-state index in [-0.39, 0.29) is 0 Å². The molecular formula is C19H27N3O. The van der Waals surface area contributed by atoms with Crippen molar-refractivity contribution in [1.82, 2.24) is 14.5 Å².